The van der Waals surface area contributed by atoms with Crippen LogP contribution in [0, 0.1) is 12.3 Å². The van der Waals surface area contributed by atoms with E-state index in [1.54, 1.807) is 12.1 Å². The van der Waals surface area contributed by atoms with Crippen molar-refractivity contribution >= 4 is 26.8 Å². The van der Waals surface area contributed by atoms with Crippen LogP contribution < -0.4 is 0 Å². The number of benzene rings is 1. The topological polar surface area (TPSA) is 74.3 Å². The third-order valence-corrected chi connectivity index (χ3v) is 7.10. The number of ketones is 1. The molecule has 0 radical (unpaired) electrons. The van der Waals surface area contributed by atoms with Gasteiger partial charge in [-0.15, -0.1) is 0 Å². The first kappa shape index (κ1) is 21.2. The SMILES string of the molecule is CC(C)(C)C(=O)C[S+]1CCCCC1.Cc1ccc(S(=O)(=O)[O-])cc1. The monoisotopic (exact) mass is 372 g/mol. The van der Waals surface area contributed by atoms with Crippen molar-refractivity contribution in [3.63, 3.8) is 0 Å². The van der Waals surface area contributed by atoms with Crippen molar-refractivity contribution in [1.82, 2.24) is 0 Å². The lowest BCUT2D eigenvalue weighted by atomic mass is 9.92. The summed E-state index contributed by atoms with van der Waals surface area (Å²) in [5.74, 6) is 3.92. The van der Waals surface area contributed by atoms with E-state index in [1.807, 2.05) is 27.7 Å². The number of Topliss-reactive ketones (excluding diaryl/α,β-unsaturated/α-hetero) is 1. The van der Waals surface area contributed by atoms with Gasteiger partial charge in [0.25, 0.3) is 0 Å². The van der Waals surface area contributed by atoms with E-state index in [9.17, 15) is 17.8 Å². The van der Waals surface area contributed by atoms with E-state index in [1.165, 1.54) is 42.9 Å². The molecular weight excluding hydrogens is 344 g/mol. The van der Waals surface area contributed by atoms with Crippen LogP contribution in [0.4, 0.5) is 0 Å². The molecule has 24 heavy (non-hydrogen) atoms. The van der Waals surface area contributed by atoms with Gasteiger partial charge in [-0.05, 0) is 49.2 Å². The zero-order valence-corrected chi connectivity index (χ0v) is 16.6. The lowest BCUT2D eigenvalue weighted by molar-refractivity contribution is -0.123. The van der Waals surface area contributed by atoms with E-state index in [0.717, 1.165) is 11.3 Å². The average molecular weight is 373 g/mol. The number of hydrogen-bond acceptors (Lipinski definition) is 4. The van der Waals surface area contributed by atoms with Gasteiger partial charge in [-0.2, -0.15) is 0 Å². The largest absolute Gasteiger partial charge is 0.744 e. The van der Waals surface area contributed by atoms with Crippen molar-refractivity contribution in [2.75, 3.05) is 17.3 Å². The first-order valence-corrected chi connectivity index (χ1v) is 11.3. The van der Waals surface area contributed by atoms with Gasteiger partial charge in [0.2, 0.25) is 0 Å². The summed E-state index contributed by atoms with van der Waals surface area (Å²) >= 11 is 0. The molecule has 0 aliphatic carbocycles. The van der Waals surface area contributed by atoms with Gasteiger partial charge in [0, 0.05) is 5.41 Å². The second-order valence-corrected chi connectivity index (χ2v) is 10.9. The van der Waals surface area contributed by atoms with Crippen molar-refractivity contribution in [3.8, 4) is 0 Å². The van der Waals surface area contributed by atoms with E-state index in [2.05, 4.69) is 0 Å². The first-order chi connectivity index (χ1) is 11.0. The Hall–Kier alpha value is -0.850. The summed E-state index contributed by atoms with van der Waals surface area (Å²) in [6.45, 7) is 7.91. The molecule has 1 saturated heterocycles. The minimum absolute atomic E-state index is 0.121. The van der Waals surface area contributed by atoms with Crippen molar-refractivity contribution in [2.45, 2.75) is 51.9 Å². The Morgan fingerprint density at radius 1 is 1.08 bits per heavy atom. The molecule has 136 valence electrons. The van der Waals surface area contributed by atoms with Crippen LogP contribution in [0.2, 0.25) is 0 Å². The fraction of sp³-hybridized carbons (Fsp3) is 0.611. The maximum atomic E-state index is 11.7. The fourth-order valence-electron chi connectivity index (χ4n) is 2.14. The van der Waals surface area contributed by atoms with Crippen molar-refractivity contribution in [2.24, 2.45) is 5.41 Å². The van der Waals surface area contributed by atoms with Gasteiger partial charge < -0.3 is 4.55 Å². The van der Waals surface area contributed by atoms with E-state index in [0.29, 0.717) is 16.7 Å². The Bertz CT molecular complexity index is 622. The number of aryl methyl sites for hydroxylation is 1. The molecule has 0 N–H and O–H groups in total. The quantitative estimate of drug-likeness (QED) is 0.603. The summed E-state index contributed by atoms with van der Waals surface area (Å²) in [5, 5.41) is 0. The molecule has 1 aromatic carbocycles. The maximum Gasteiger partial charge on any atom is 0.187 e. The summed E-state index contributed by atoms with van der Waals surface area (Å²) in [5.41, 5.74) is 0.808. The molecule has 1 heterocycles. The molecule has 0 unspecified atom stereocenters. The average Bonchev–Trinajstić information content (AvgIpc) is 2.47. The van der Waals surface area contributed by atoms with Crippen LogP contribution in [0.1, 0.15) is 45.6 Å². The molecular formula is C18H28O4S2. The summed E-state index contributed by atoms with van der Waals surface area (Å²) < 4.78 is 31.2. The van der Waals surface area contributed by atoms with Crippen molar-refractivity contribution in [1.29, 1.82) is 0 Å². The van der Waals surface area contributed by atoms with Gasteiger partial charge in [0.1, 0.15) is 21.6 Å². The van der Waals surface area contributed by atoms with E-state index in [4.69, 9.17) is 0 Å². The molecule has 6 heteroatoms. The summed E-state index contributed by atoms with van der Waals surface area (Å²) in [6.07, 6.45) is 4.08. The van der Waals surface area contributed by atoms with Crippen LogP contribution in [0.3, 0.4) is 0 Å². The molecule has 1 aromatic rings. The number of carbonyl (C=O) groups excluding carboxylic acids is 1. The highest BCUT2D eigenvalue weighted by Gasteiger charge is 2.30. The van der Waals surface area contributed by atoms with Crippen LogP contribution in [-0.4, -0.2) is 36.0 Å². The van der Waals surface area contributed by atoms with E-state index < -0.39 is 10.1 Å². The van der Waals surface area contributed by atoms with Gasteiger partial charge in [0.05, 0.1) is 4.90 Å². The Balaban J connectivity index is 0.000000243. The second-order valence-electron chi connectivity index (χ2n) is 7.17. The standard InChI is InChI=1S/C11H21OS.C7H8O3S/c1-11(2,3)10(12)9-13-7-5-4-6-8-13;1-6-2-4-7(5-3-6)11(8,9)10/h4-9H2,1-3H3;2-5H,1H3,(H,8,9,10)/q+1;/p-1. The minimum Gasteiger partial charge on any atom is -0.744 e. The molecule has 1 aliphatic heterocycles. The lowest BCUT2D eigenvalue weighted by Crippen LogP contribution is -2.32. The molecule has 4 nitrogen and oxygen atoms in total. The third-order valence-electron chi connectivity index (χ3n) is 3.85. The lowest BCUT2D eigenvalue weighted by Gasteiger charge is -2.18. The summed E-state index contributed by atoms with van der Waals surface area (Å²) in [7, 11) is -3.84. The molecule has 2 rings (SSSR count). The zero-order chi connectivity index (χ0) is 18.4. The Labute approximate surface area is 149 Å². The molecule has 0 spiro atoms. The molecule has 0 atom stereocenters. The Morgan fingerprint density at radius 3 is 2.00 bits per heavy atom. The maximum absolute atomic E-state index is 11.7. The van der Waals surface area contributed by atoms with Crippen LogP contribution >= 0.6 is 0 Å². The van der Waals surface area contributed by atoms with Gasteiger partial charge in [0.15, 0.2) is 11.5 Å². The van der Waals surface area contributed by atoms with Crippen LogP contribution in [0.25, 0.3) is 0 Å². The smallest absolute Gasteiger partial charge is 0.187 e. The highest BCUT2D eigenvalue weighted by atomic mass is 32.2. The molecule has 0 aromatic heterocycles. The van der Waals surface area contributed by atoms with Gasteiger partial charge in [-0.1, -0.05) is 38.5 Å². The number of hydrogen-bond donors (Lipinski definition) is 0. The summed E-state index contributed by atoms with van der Waals surface area (Å²) in [6, 6.07) is 5.78. The second kappa shape index (κ2) is 9.02. The highest BCUT2D eigenvalue weighted by molar-refractivity contribution is 7.97. The van der Waals surface area contributed by atoms with E-state index in [-0.39, 0.29) is 10.3 Å². The Morgan fingerprint density at radius 2 is 1.58 bits per heavy atom. The van der Waals surface area contributed by atoms with Crippen LogP contribution in [0.5, 0.6) is 0 Å². The van der Waals surface area contributed by atoms with Crippen molar-refractivity contribution < 1.29 is 17.8 Å². The molecule has 0 bridgehead atoms. The first-order valence-electron chi connectivity index (χ1n) is 8.20. The number of rotatable bonds is 3. The highest BCUT2D eigenvalue weighted by Crippen LogP contribution is 2.20. The Kier molecular flexibility index (Phi) is 7.96. The fourth-order valence-corrected chi connectivity index (χ4v) is 5.13. The predicted octanol–water partition coefficient (Wildman–Crippen LogP) is 3.30. The van der Waals surface area contributed by atoms with E-state index >= 15 is 0 Å². The third kappa shape index (κ3) is 7.81. The normalized spacial score (nSPS) is 16.2. The number of carbonyl (C=O) groups is 1. The molecule has 1 fully saturated rings. The summed E-state index contributed by atoms with van der Waals surface area (Å²) in [4.78, 5) is 11.6. The minimum atomic E-state index is -4.27. The molecule has 0 amide bonds. The van der Waals surface area contributed by atoms with Gasteiger partial charge >= 0.3 is 0 Å². The van der Waals surface area contributed by atoms with Gasteiger partial charge in [-0.3, -0.25) is 4.79 Å². The van der Waals surface area contributed by atoms with Gasteiger partial charge in [-0.25, -0.2) is 8.42 Å². The molecule has 1 aliphatic rings. The molecule has 0 saturated carbocycles. The van der Waals surface area contributed by atoms with Crippen LogP contribution in [0.15, 0.2) is 29.2 Å². The zero-order valence-electron chi connectivity index (χ0n) is 15.0. The van der Waals surface area contributed by atoms with Crippen LogP contribution in [-0.2, 0) is 25.8 Å². The predicted molar refractivity (Wildman–Crippen MR) is 99.4 cm³/mol. The van der Waals surface area contributed by atoms with Crippen molar-refractivity contribution in [3.05, 3.63) is 29.8 Å².